The second-order valence-electron chi connectivity index (χ2n) is 3.43. The van der Waals surface area contributed by atoms with Gasteiger partial charge in [-0.1, -0.05) is 18.5 Å². The number of hydrogen-bond donors (Lipinski definition) is 2. The molecule has 1 heterocycles. The van der Waals surface area contributed by atoms with E-state index in [1.54, 1.807) is 13.1 Å². The fourth-order valence-corrected chi connectivity index (χ4v) is 0.981. The maximum atomic E-state index is 9.71. The van der Waals surface area contributed by atoms with Gasteiger partial charge in [-0.2, -0.15) is 0 Å². The van der Waals surface area contributed by atoms with Gasteiger partial charge in [-0.25, -0.2) is 4.98 Å². The van der Waals surface area contributed by atoms with Crippen molar-refractivity contribution < 1.29 is 5.11 Å². The summed E-state index contributed by atoms with van der Waals surface area (Å²) in [6, 6.07) is 0. The van der Waals surface area contributed by atoms with Crippen LogP contribution in [0.15, 0.2) is 12.4 Å². The van der Waals surface area contributed by atoms with Crippen LogP contribution in [0.1, 0.15) is 20.3 Å². The zero-order valence-corrected chi connectivity index (χ0v) is 9.04. The Morgan fingerprint density at radius 1 is 1.57 bits per heavy atom. The number of halogens is 1. The summed E-state index contributed by atoms with van der Waals surface area (Å²) in [5.74, 6) is 0.575. The van der Waals surface area contributed by atoms with Gasteiger partial charge >= 0.3 is 0 Å². The van der Waals surface area contributed by atoms with Gasteiger partial charge in [0.25, 0.3) is 0 Å². The molecule has 5 heteroatoms. The molecule has 0 spiro atoms. The van der Waals surface area contributed by atoms with Crippen LogP contribution in [0.2, 0.25) is 5.15 Å². The molecule has 1 rings (SSSR count). The first-order valence-electron chi connectivity index (χ1n) is 4.47. The first-order valence-corrected chi connectivity index (χ1v) is 4.85. The molecule has 78 valence electrons. The first-order chi connectivity index (χ1) is 6.53. The van der Waals surface area contributed by atoms with Gasteiger partial charge in [0.15, 0.2) is 0 Å². The van der Waals surface area contributed by atoms with Gasteiger partial charge in [-0.3, -0.25) is 4.98 Å². The summed E-state index contributed by atoms with van der Waals surface area (Å²) in [6.07, 6.45) is 3.70. The topological polar surface area (TPSA) is 58.0 Å². The smallest absolute Gasteiger partial charge is 0.149 e. The monoisotopic (exact) mass is 215 g/mol. The molecule has 0 fully saturated rings. The quantitative estimate of drug-likeness (QED) is 0.803. The Bertz CT molecular complexity index is 304. The number of rotatable bonds is 4. The number of nitrogens with zero attached hydrogens (tertiary/aromatic N) is 2. The number of anilines is 1. The lowest BCUT2D eigenvalue weighted by Gasteiger charge is -2.21. The highest BCUT2D eigenvalue weighted by molar-refractivity contribution is 6.29. The fraction of sp³-hybridized carbons (Fsp3) is 0.556. The van der Waals surface area contributed by atoms with E-state index in [0.29, 0.717) is 23.9 Å². The summed E-state index contributed by atoms with van der Waals surface area (Å²) in [6.45, 7) is 4.11. The van der Waals surface area contributed by atoms with E-state index in [2.05, 4.69) is 15.3 Å². The molecular weight excluding hydrogens is 202 g/mol. The van der Waals surface area contributed by atoms with Crippen molar-refractivity contribution in [2.75, 3.05) is 11.9 Å². The van der Waals surface area contributed by atoms with Gasteiger partial charge in [-0.15, -0.1) is 0 Å². The number of aliphatic hydroxyl groups is 1. The Hall–Kier alpha value is -0.870. The van der Waals surface area contributed by atoms with Crippen LogP contribution in [0.25, 0.3) is 0 Å². The maximum Gasteiger partial charge on any atom is 0.149 e. The van der Waals surface area contributed by atoms with Crippen molar-refractivity contribution >= 4 is 17.4 Å². The average Bonchev–Trinajstić information content (AvgIpc) is 2.15. The molecule has 0 aliphatic carbocycles. The Labute approximate surface area is 88.3 Å². The van der Waals surface area contributed by atoms with Gasteiger partial charge < -0.3 is 10.4 Å². The van der Waals surface area contributed by atoms with Crippen LogP contribution in [0.5, 0.6) is 0 Å². The SMILES string of the molecule is CCC(C)(O)CNc1cncc(Cl)n1. The van der Waals surface area contributed by atoms with Crippen LogP contribution in [-0.2, 0) is 0 Å². The third-order valence-electron chi connectivity index (χ3n) is 2.02. The third kappa shape index (κ3) is 3.47. The summed E-state index contributed by atoms with van der Waals surface area (Å²) in [4.78, 5) is 7.86. The molecule has 0 bridgehead atoms. The van der Waals surface area contributed by atoms with Crippen molar-refractivity contribution in [3.05, 3.63) is 17.5 Å². The van der Waals surface area contributed by atoms with Crippen LogP contribution in [0, 0.1) is 0 Å². The van der Waals surface area contributed by atoms with Crippen LogP contribution < -0.4 is 5.32 Å². The molecule has 14 heavy (non-hydrogen) atoms. The van der Waals surface area contributed by atoms with Gasteiger partial charge in [0.1, 0.15) is 11.0 Å². The fourth-order valence-electron chi connectivity index (χ4n) is 0.833. The minimum atomic E-state index is -0.732. The van der Waals surface area contributed by atoms with Gasteiger partial charge in [0, 0.05) is 6.54 Å². The maximum absolute atomic E-state index is 9.71. The molecule has 0 saturated heterocycles. The van der Waals surface area contributed by atoms with E-state index in [1.165, 1.54) is 6.20 Å². The van der Waals surface area contributed by atoms with Crippen LogP contribution in [-0.4, -0.2) is 27.2 Å². The van der Waals surface area contributed by atoms with E-state index in [1.807, 2.05) is 6.92 Å². The van der Waals surface area contributed by atoms with Crippen molar-refractivity contribution in [1.29, 1.82) is 0 Å². The van der Waals surface area contributed by atoms with Crippen molar-refractivity contribution in [2.24, 2.45) is 0 Å². The van der Waals surface area contributed by atoms with E-state index in [4.69, 9.17) is 11.6 Å². The Kier molecular flexibility index (Phi) is 3.66. The lowest BCUT2D eigenvalue weighted by molar-refractivity contribution is 0.0696. The zero-order chi connectivity index (χ0) is 10.6. The molecule has 0 aromatic carbocycles. The van der Waals surface area contributed by atoms with Crippen LogP contribution in [0.3, 0.4) is 0 Å². The van der Waals surface area contributed by atoms with Gasteiger partial charge in [-0.05, 0) is 13.3 Å². The molecule has 0 amide bonds. The lowest BCUT2D eigenvalue weighted by atomic mass is 10.0. The number of aromatic nitrogens is 2. The van der Waals surface area contributed by atoms with Crippen molar-refractivity contribution in [3.63, 3.8) is 0 Å². The van der Waals surface area contributed by atoms with Crippen molar-refractivity contribution in [2.45, 2.75) is 25.9 Å². The summed E-state index contributed by atoms with van der Waals surface area (Å²) in [5.41, 5.74) is -0.732. The van der Waals surface area contributed by atoms with Gasteiger partial charge in [0.2, 0.25) is 0 Å². The molecule has 1 aromatic heterocycles. The second kappa shape index (κ2) is 4.57. The summed E-state index contributed by atoms with van der Waals surface area (Å²) in [7, 11) is 0. The highest BCUT2D eigenvalue weighted by Crippen LogP contribution is 2.11. The molecule has 1 aromatic rings. The predicted molar refractivity (Wildman–Crippen MR) is 56.4 cm³/mol. The zero-order valence-electron chi connectivity index (χ0n) is 8.29. The number of hydrogen-bond acceptors (Lipinski definition) is 4. The summed E-state index contributed by atoms with van der Waals surface area (Å²) < 4.78 is 0. The molecule has 0 aliphatic heterocycles. The average molecular weight is 216 g/mol. The molecule has 1 unspecified atom stereocenters. The molecular formula is C9H14ClN3O. The lowest BCUT2D eigenvalue weighted by Crippen LogP contribution is -2.32. The summed E-state index contributed by atoms with van der Waals surface area (Å²) in [5, 5.41) is 13.0. The molecule has 0 saturated carbocycles. The third-order valence-corrected chi connectivity index (χ3v) is 2.20. The van der Waals surface area contributed by atoms with E-state index in [-0.39, 0.29) is 0 Å². The molecule has 2 N–H and O–H groups in total. The standard InChI is InChI=1S/C9H14ClN3O/c1-3-9(2,14)6-12-8-5-11-4-7(10)13-8/h4-5,14H,3,6H2,1-2H3,(H,12,13). The first kappa shape index (κ1) is 11.2. The molecule has 0 radical (unpaired) electrons. The van der Waals surface area contributed by atoms with Crippen molar-refractivity contribution in [3.8, 4) is 0 Å². The Morgan fingerprint density at radius 3 is 2.86 bits per heavy atom. The van der Waals surface area contributed by atoms with E-state index < -0.39 is 5.60 Å². The predicted octanol–water partition coefficient (Wildman–Crippen LogP) is 1.70. The highest BCUT2D eigenvalue weighted by atomic mass is 35.5. The Balaban J connectivity index is 2.54. The van der Waals surface area contributed by atoms with E-state index in [9.17, 15) is 5.11 Å². The number of nitrogens with one attached hydrogen (secondary N) is 1. The van der Waals surface area contributed by atoms with Crippen LogP contribution in [0.4, 0.5) is 5.82 Å². The summed E-state index contributed by atoms with van der Waals surface area (Å²) >= 11 is 5.65. The minimum Gasteiger partial charge on any atom is -0.388 e. The van der Waals surface area contributed by atoms with E-state index >= 15 is 0 Å². The van der Waals surface area contributed by atoms with Gasteiger partial charge in [0.05, 0.1) is 18.0 Å². The van der Waals surface area contributed by atoms with Crippen LogP contribution >= 0.6 is 11.6 Å². The molecule has 0 aliphatic rings. The molecule has 1 atom stereocenters. The minimum absolute atomic E-state index is 0.339. The largest absolute Gasteiger partial charge is 0.388 e. The van der Waals surface area contributed by atoms with E-state index in [0.717, 1.165) is 0 Å². The second-order valence-corrected chi connectivity index (χ2v) is 3.82. The molecule has 4 nitrogen and oxygen atoms in total. The van der Waals surface area contributed by atoms with Crippen molar-refractivity contribution in [1.82, 2.24) is 9.97 Å². The highest BCUT2D eigenvalue weighted by Gasteiger charge is 2.16. The normalized spacial score (nSPS) is 14.9. The Morgan fingerprint density at radius 2 is 2.29 bits per heavy atom.